The van der Waals surface area contributed by atoms with Crippen molar-refractivity contribution in [3.05, 3.63) is 126 Å². The number of carbonyl (C=O) groups is 1. The molecular formula is C37H36N2O3. The minimum absolute atomic E-state index is 0.0411. The van der Waals surface area contributed by atoms with E-state index in [-0.39, 0.29) is 12.7 Å². The van der Waals surface area contributed by atoms with Gasteiger partial charge in [-0.15, -0.1) is 0 Å². The van der Waals surface area contributed by atoms with E-state index < -0.39 is 5.97 Å². The van der Waals surface area contributed by atoms with E-state index in [0.717, 1.165) is 65.7 Å². The predicted octanol–water partition coefficient (Wildman–Crippen LogP) is 8.45. The summed E-state index contributed by atoms with van der Waals surface area (Å²) in [5.74, 6) is -0.604. The minimum Gasteiger partial charge on any atom is -0.480 e. The van der Waals surface area contributed by atoms with Crippen LogP contribution in [0.3, 0.4) is 0 Å². The molecule has 2 unspecified atom stereocenters. The summed E-state index contributed by atoms with van der Waals surface area (Å²) in [6.45, 7) is 0.390. The Bertz CT molecular complexity index is 1610. The smallest absolute Gasteiger partial charge is 0.329 e. The third-order valence-electron chi connectivity index (χ3n) is 8.24. The highest BCUT2D eigenvalue weighted by molar-refractivity contribution is 5.91. The Kier molecular flexibility index (Phi) is 8.57. The normalized spacial score (nSPS) is 17.0. The summed E-state index contributed by atoms with van der Waals surface area (Å²) in [5, 5.41) is 14.5. The van der Waals surface area contributed by atoms with Gasteiger partial charge in [-0.05, 0) is 41.9 Å². The lowest BCUT2D eigenvalue weighted by Gasteiger charge is -2.23. The monoisotopic (exact) mass is 556 g/mol. The number of carboxylic acids is 1. The number of carboxylic acid groups (broad SMARTS) is 1. The van der Waals surface area contributed by atoms with Gasteiger partial charge in [0.15, 0.2) is 0 Å². The van der Waals surface area contributed by atoms with E-state index in [2.05, 4.69) is 114 Å². The molecule has 0 saturated heterocycles. The first kappa shape index (κ1) is 27.7. The van der Waals surface area contributed by atoms with Crippen LogP contribution in [-0.2, 0) is 16.1 Å². The number of benzene rings is 4. The molecule has 5 aromatic rings. The fourth-order valence-electron chi connectivity index (χ4n) is 6.32. The van der Waals surface area contributed by atoms with Crippen LogP contribution in [0.5, 0.6) is 0 Å². The zero-order chi connectivity index (χ0) is 28.7. The zero-order valence-electron chi connectivity index (χ0n) is 23.7. The van der Waals surface area contributed by atoms with Crippen LogP contribution in [0.15, 0.2) is 115 Å². The zero-order valence-corrected chi connectivity index (χ0v) is 23.7. The van der Waals surface area contributed by atoms with Crippen molar-refractivity contribution in [2.75, 3.05) is 6.61 Å². The molecule has 42 heavy (non-hydrogen) atoms. The molecule has 1 saturated carbocycles. The first-order chi connectivity index (χ1) is 20.7. The molecule has 2 atom stereocenters. The molecule has 212 valence electrons. The van der Waals surface area contributed by atoms with Crippen LogP contribution >= 0.6 is 0 Å². The maximum absolute atomic E-state index is 11.2. The quantitative estimate of drug-likeness (QED) is 0.185. The Morgan fingerprint density at radius 3 is 2.05 bits per heavy atom. The van der Waals surface area contributed by atoms with Crippen molar-refractivity contribution in [2.24, 2.45) is 0 Å². The highest BCUT2D eigenvalue weighted by Gasteiger charge is 2.26. The second-order valence-electron chi connectivity index (χ2n) is 11.1. The van der Waals surface area contributed by atoms with Crippen molar-refractivity contribution in [3.8, 4) is 33.6 Å². The summed E-state index contributed by atoms with van der Waals surface area (Å²) < 4.78 is 7.99. The number of ether oxygens (including phenoxy) is 1. The van der Waals surface area contributed by atoms with Crippen LogP contribution in [-0.4, -0.2) is 33.6 Å². The maximum atomic E-state index is 11.2. The van der Waals surface area contributed by atoms with Crippen molar-refractivity contribution < 1.29 is 14.6 Å². The molecule has 0 radical (unpaired) electrons. The number of aliphatic carboxylic acids is 1. The lowest BCUT2D eigenvalue weighted by Crippen LogP contribution is -2.20. The predicted molar refractivity (Wildman–Crippen MR) is 167 cm³/mol. The Labute approximate surface area is 247 Å². The van der Waals surface area contributed by atoms with Crippen molar-refractivity contribution in [1.82, 2.24) is 9.78 Å². The summed E-state index contributed by atoms with van der Waals surface area (Å²) in [6, 6.07) is 40.2. The molecular weight excluding hydrogens is 520 g/mol. The third-order valence-corrected chi connectivity index (χ3v) is 8.24. The SMILES string of the molecule is O=C(O)COC1CCCCC(c2ccccc2Cn2nc(-c3ccccc3)c(-c3ccccc3)c2-c2ccccc2)C1. The van der Waals surface area contributed by atoms with Gasteiger partial charge >= 0.3 is 5.97 Å². The van der Waals surface area contributed by atoms with E-state index >= 15 is 0 Å². The summed E-state index contributed by atoms with van der Waals surface area (Å²) in [4.78, 5) is 11.2. The Morgan fingerprint density at radius 1 is 0.762 bits per heavy atom. The summed E-state index contributed by atoms with van der Waals surface area (Å²) >= 11 is 0. The topological polar surface area (TPSA) is 64.3 Å². The van der Waals surface area contributed by atoms with Crippen LogP contribution in [0, 0.1) is 0 Å². The van der Waals surface area contributed by atoms with E-state index in [9.17, 15) is 9.90 Å². The Hall–Kier alpha value is -4.48. The number of nitrogens with zero attached hydrogens (tertiary/aromatic N) is 2. The molecule has 1 aliphatic carbocycles. The molecule has 1 aromatic heterocycles. The van der Waals surface area contributed by atoms with E-state index in [1.54, 1.807) is 0 Å². The summed E-state index contributed by atoms with van der Waals surface area (Å²) in [5.41, 5.74) is 9.08. The van der Waals surface area contributed by atoms with Gasteiger partial charge < -0.3 is 9.84 Å². The first-order valence-corrected chi connectivity index (χ1v) is 14.9. The van der Waals surface area contributed by atoms with Gasteiger partial charge in [0.25, 0.3) is 0 Å². The van der Waals surface area contributed by atoms with Crippen LogP contribution in [0.25, 0.3) is 33.6 Å². The van der Waals surface area contributed by atoms with Crippen molar-refractivity contribution in [1.29, 1.82) is 0 Å². The second-order valence-corrected chi connectivity index (χ2v) is 11.1. The fourth-order valence-corrected chi connectivity index (χ4v) is 6.32. The van der Waals surface area contributed by atoms with E-state index in [1.165, 1.54) is 11.1 Å². The van der Waals surface area contributed by atoms with E-state index in [0.29, 0.717) is 12.5 Å². The van der Waals surface area contributed by atoms with Gasteiger partial charge in [-0.1, -0.05) is 128 Å². The molecule has 5 nitrogen and oxygen atoms in total. The van der Waals surface area contributed by atoms with Gasteiger partial charge in [-0.2, -0.15) is 5.10 Å². The summed E-state index contributed by atoms with van der Waals surface area (Å²) in [7, 11) is 0. The van der Waals surface area contributed by atoms with Gasteiger partial charge in [-0.3, -0.25) is 4.68 Å². The van der Waals surface area contributed by atoms with E-state index in [4.69, 9.17) is 9.84 Å². The highest BCUT2D eigenvalue weighted by Crippen LogP contribution is 2.41. The maximum Gasteiger partial charge on any atom is 0.329 e. The highest BCUT2D eigenvalue weighted by atomic mass is 16.5. The third kappa shape index (κ3) is 6.22. The van der Waals surface area contributed by atoms with Gasteiger partial charge in [0.2, 0.25) is 0 Å². The standard InChI is InChI=1S/C37H36N2O3/c40-34(41)26-42-32-22-12-10-20-30(24-32)33-23-13-11-21-31(33)25-39-37(29-18-8-3-9-19-29)35(27-14-4-1-5-15-27)36(38-39)28-16-6-2-7-17-28/h1-9,11,13-19,21,23,30,32H,10,12,20,22,24-26H2,(H,40,41). The van der Waals surface area contributed by atoms with Crippen LogP contribution in [0.4, 0.5) is 0 Å². The average Bonchev–Trinajstić information content (AvgIpc) is 3.24. The first-order valence-electron chi connectivity index (χ1n) is 14.9. The molecule has 5 heteroatoms. The molecule has 0 aliphatic heterocycles. The molecule has 0 bridgehead atoms. The van der Waals surface area contributed by atoms with Crippen molar-refractivity contribution in [3.63, 3.8) is 0 Å². The number of hydrogen-bond donors (Lipinski definition) is 1. The molecule has 1 fully saturated rings. The molecule has 0 spiro atoms. The summed E-state index contributed by atoms with van der Waals surface area (Å²) in [6.07, 6.45) is 4.93. The van der Waals surface area contributed by atoms with Crippen LogP contribution < -0.4 is 0 Å². The van der Waals surface area contributed by atoms with Crippen LogP contribution in [0.2, 0.25) is 0 Å². The molecule has 0 amide bonds. The number of aromatic nitrogens is 2. The lowest BCUT2D eigenvalue weighted by molar-refractivity contribution is -0.144. The molecule has 6 rings (SSSR count). The molecule has 4 aromatic carbocycles. The van der Waals surface area contributed by atoms with Crippen LogP contribution in [0.1, 0.15) is 49.1 Å². The minimum atomic E-state index is -0.910. The van der Waals surface area contributed by atoms with Gasteiger partial charge in [0.1, 0.15) is 12.3 Å². The van der Waals surface area contributed by atoms with Gasteiger partial charge in [0, 0.05) is 16.7 Å². The Morgan fingerprint density at radius 2 is 1.36 bits per heavy atom. The number of rotatable bonds is 9. The number of hydrogen-bond acceptors (Lipinski definition) is 3. The fraction of sp³-hybridized carbons (Fsp3) is 0.243. The van der Waals surface area contributed by atoms with Gasteiger partial charge in [-0.25, -0.2) is 4.79 Å². The van der Waals surface area contributed by atoms with Gasteiger partial charge in [0.05, 0.1) is 18.3 Å². The van der Waals surface area contributed by atoms with Crippen molar-refractivity contribution >= 4 is 5.97 Å². The molecule has 1 aliphatic rings. The Balaban J connectivity index is 1.45. The van der Waals surface area contributed by atoms with Crippen molar-refractivity contribution in [2.45, 2.75) is 50.7 Å². The van der Waals surface area contributed by atoms with E-state index in [1.807, 2.05) is 6.07 Å². The second kappa shape index (κ2) is 13.0. The largest absolute Gasteiger partial charge is 0.480 e. The molecule has 1 N–H and O–H groups in total. The molecule has 1 heterocycles. The average molecular weight is 557 g/mol. The lowest BCUT2D eigenvalue weighted by atomic mass is 9.87.